The van der Waals surface area contributed by atoms with E-state index in [4.69, 9.17) is 5.26 Å². The summed E-state index contributed by atoms with van der Waals surface area (Å²) in [6.07, 6.45) is 0.951. The van der Waals surface area contributed by atoms with Crippen LogP contribution in [0.5, 0.6) is 0 Å². The number of nitriles is 1. The summed E-state index contributed by atoms with van der Waals surface area (Å²) in [5.74, 6) is 0. The quantitative estimate of drug-likeness (QED) is 0.622. The second-order valence-corrected chi connectivity index (χ2v) is 5.14. The van der Waals surface area contributed by atoms with E-state index in [2.05, 4.69) is 4.72 Å². The number of benzene rings is 1. The number of nitro groups is 1. The average molecular weight is 255 g/mol. The summed E-state index contributed by atoms with van der Waals surface area (Å²) in [5, 5.41) is 19.4. The Bertz CT molecular complexity index is 589. The van der Waals surface area contributed by atoms with Crippen LogP contribution in [0.25, 0.3) is 0 Å². The Balaban J connectivity index is 3.11. The van der Waals surface area contributed by atoms with Gasteiger partial charge in [-0.15, -0.1) is 0 Å². The molecule has 1 aromatic carbocycles. The van der Waals surface area contributed by atoms with Crippen molar-refractivity contribution in [1.82, 2.24) is 4.72 Å². The molecule has 1 N–H and O–H groups in total. The second kappa shape index (κ2) is 4.90. The fourth-order valence-electron chi connectivity index (χ4n) is 1.18. The molecule has 1 aromatic rings. The summed E-state index contributed by atoms with van der Waals surface area (Å²) < 4.78 is 23.9. The van der Waals surface area contributed by atoms with Crippen molar-refractivity contribution in [2.75, 3.05) is 6.26 Å². The first-order valence-corrected chi connectivity index (χ1v) is 6.34. The first kappa shape index (κ1) is 13.1. The Morgan fingerprint density at radius 3 is 2.65 bits per heavy atom. The van der Waals surface area contributed by atoms with Gasteiger partial charge in [0, 0.05) is 18.2 Å². The molecule has 0 aliphatic heterocycles. The van der Waals surface area contributed by atoms with Gasteiger partial charge in [-0.3, -0.25) is 10.1 Å². The second-order valence-electron chi connectivity index (χ2n) is 3.31. The van der Waals surface area contributed by atoms with Crippen LogP contribution in [-0.4, -0.2) is 19.6 Å². The van der Waals surface area contributed by atoms with E-state index >= 15 is 0 Å². The molecule has 0 bridgehead atoms. The number of rotatable bonds is 4. The summed E-state index contributed by atoms with van der Waals surface area (Å²) in [5.41, 5.74) is 0.167. The minimum absolute atomic E-state index is 0.152. The lowest BCUT2D eigenvalue weighted by Crippen LogP contribution is -2.21. The molecule has 1 rings (SSSR count). The molecule has 0 saturated heterocycles. The van der Waals surface area contributed by atoms with E-state index in [0.717, 1.165) is 6.26 Å². The van der Waals surface area contributed by atoms with Crippen molar-refractivity contribution in [2.24, 2.45) is 0 Å². The number of sulfonamides is 1. The number of nitrogens with one attached hydrogen (secondary N) is 1. The molecule has 17 heavy (non-hydrogen) atoms. The third-order valence-electron chi connectivity index (χ3n) is 1.93. The van der Waals surface area contributed by atoms with Gasteiger partial charge in [0.2, 0.25) is 10.0 Å². The molecule has 0 aromatic heterocycles. The van der Waals surface area contributed by atoms with Crippen LogP contribution in [-0.2, 0) is 16.6 Å². The van der Waals surface area contributed by atoms with Gasteiger partial charge in [-0.2, -0.15) is 5.26 Å². The molecule has 90 valence electrons. The smallest absolute Gasteiger partial charge is 0.258 e. The number of nitrogens with zero attached hydrogens (tertiary/aromatic N) is 2. The molecule has 0 fully saturated rings. The topological polar surface area (TPSA) is 113 Å². The maximum absolute atomic E-state index is 10.9. The number of hydrogen-bond donors (Lipinski definition) is 1. The first-order valence-electron chi connectivity index (χ1n) is 4.45. The van der Waals surface area contributed by atoms with Crippen molar-refractivity contribution >= 4 is 15.7 Å². The average Bonchev–Trinajstić information content (AvgIpc) is 2.24. The van der Waals surface area contributed by atoms with E-state index < -0.39 is 14.9 Å². The molecule has 0 unspecified atom stereocenters. The molecule has 0 amide bonds. The number of hydrogen-bond acceptors (Lipinski definition) is 5. The predicted molar refractivity (Wildman–Crippen MR) is 59.5 cm³/mol. The molecule has 7 nitrogen and oxygen atoms in total. The lowest BCUT2D eigenvalue weighted by molar-refractivity contribution is -0.385. The Hall–Kier alpha value is -1.98. The van der Waals surface area contributed by atoms with Crippen molar-refractivity contribution in [3.05, 3.63) is 39.4 Å². The summed E-state index contributed by atoms with van der Waals surface area (Å²) in [4.78, 5) is 10.1. The molecular weight excluding hydrogens is 246 g/mol. The van der Waals surface area contributed by atoms with Crippen LogP contribution in [0.1, 0.15) is 11.1 Å². The maximum Gasteiger partial charge on any atom is 0.274 e. The highest BCUT2D eigenvalue weighted by Gasteiger charge is 2.15. The highest BCUT2D eigenvalue weighted by Crippen LogP contribution is 2.19. The van der Waals surface area contributed by atoms with Gasteiger partial charge in [-0.05, 0) is 12.1 Å². The van der Waals surface area contributed by atoms with E-state index in [1.807, 2.05) is 6.07 Å². The summed E-state index contributed by atoms with van der Waals surface area (Å²) >= 11 is 0. The van der Waals surface area contributed by atoms with Crippen LogP contribution in [0.2, 0.25) is 0 Å². The zero-order valence-corrected chi connectivity index (χ0v) is 9.69. The Kier molecular flexibility index (Phi) is 3.77. The fraction of sp³-hybridized carbons (Fsp3) is 0.222. The SMILES string of the molecule is CS(=O)(=O)NCc1cc(C#N)ccc1[N+](=O)[O-]. The highest BCUT2D eigenvalue weighted by atomic mass is 32.2. The largest absolute Gasteiger partial charge is 0.274 e. The molecule has 0 spiro atoms. The normalized spacial score (nSPS) is 10.8. The molecule has 0 radical (unpaired) electrons. The van der Waals surface area contributed by atoms with Crippen molar-refractivity contribution < 1.29 is 13.3 Å². The lowest BCUT2D eigenvalue weighted by Gasteiger charge is -2.04. The minimum atomic E-state index is -3.44. The van der Waals surface area contributed by atoms with Crippen LogP contribution in [0.3, 0.4) is 0 Å². The van der Waals surface area contributed by atoms with Gasteiger partial charge in [-0.1, -0.05) is 0 Å². The Labute approximate surface area is 97.9 Å². The van der Waals surface area contributed by atoms with Crippen molar-refractivity contribution in [2.45, 2.75) is 6.54 Å². The van der Waals surface area contributed by atoms with E-state index in [1.165, 1.54) is 18.2 Å². The molecule has 0 aliphatic rings. The Morgan fingerprint density at radius 2 is 2.18 bits per heavy atom. The molecule has 8 heteroatoms. The van der Waals surface area contributed by atoms with Crippen LogP contribution in [0, 0.1) is 21.4 Å². The molecule has 0 aliphatic carbocycles. The zero-order valence-electron chi connectivity index (χ0n) is 8.87. The van der Waals surface area contributed by atoms with Crippen LogP contribution in [0.15, 0.2) is 18.2 Å². The predicted octanol–water partition coefficient (Wildman–Crippen LogP) is 0.516. The minimum Gasteiger partial charge on any atom is -0.258 e. The van der Waals surface area contributed by atoms with Crippen molar-refractivity contribution in [1.29, 1.82) is 5.26 Å². The molecule has 0 atom stereocenters. The molecule has 0 heterocycles. The van der Waals surface area contributed by atoms with Crippen molar-refractivity contribution in [3.8, 4) is 6.07 Å². The van der Waals surface area contributed by atoms with Gasteiger partial charge in [0.1, 0.15) is 0 Å². The third-order valence-corrected chi connectivity index (χ3v) is 2.60. The van der Waals surface area contributed by atoms with Gasteiger partial charge in [0.05, 0.1) is 22.8 Å². The van der Waals surface area contributed by atoms with Gasteiger partial charge < -0.3 is 0 Å². The van der Waals surface area contributed by atoms with Gasteiger partial charge in [0.15, 0.2) is 0 Å². The van der Waals surface area contributed by atoms with E-state index in [1.54, 1.807) is 0 Å². The van der Waals surface area contributed by atoms with Gasteiger partial charge in [-0.25, -0.2) is 13.1 Å². The van der Waals surface area contributed by atoms with Gasteiger partial charge in [0.25, 0.3) is 5.69 Å². The monoisotopic (exact) mass is 255 g/mol. The summed E-state index contributed by atoms with van der Waals surface area (Å²) in [6.45, 7) is -0.218. The first-order chi connectivity index (χ1) is 7.83. The fourth-order valence-corrected chi connectivity index (χ4v) is 1.60. The van der Waals surface area contributed by atoms with Crippen LogP contribution >= 0.6 is 0 Å². The summed E-state index contributed by atoms with van der Waals surface area (Å²) in [7, 11) is -3.44. The van der Waals surface area contributed by atoms with E-state index in [0.29, 0.717) is 0 Å². The van der Waals surface area contributed by atoms with E-state index in [-0.39, 0.29) is 23.4 Å². The lowest BCUT2D eigenvalue weighted by atomic mass is 10.1. The standard InChI is InChI=1S/C9H9N3O4S/c1-17(15,16)11-6-8-4-7(5-10)2-3-9(8)12(13)14/h2-4,11H,6H2,1H3. The zero-order chi connectivity index (χ0) is 13.1. The maximum atomic E-state index is 10.9. The van der Waals surface area contributed by atoms with Gasteiger partial charge >= 0.3 is 0 Å². The molecular formula is C9H9N3O4S. The summed E-state index contributed by atoms with van der Waals surface area (Å²) in [6, 6.07) is 5.60. The van der Waals surface area contributed by atoms with Crippen LogP contribution < -0.4 is 4.72 Å². The Morgan fingerprint density at radius 1 is 1.53 bits per heavy atom. The third kappa shape index (κ3) is 3.82. The van der Waals surface area contributed by atoms with E-state index in [9.17, 15) is 18.5 Å². The van der Waals surface area contributed by atoms with Crippen LogP contribution in [0.4, 0.5) is 5.69 Å². The van der Waals surface area contributed by atoms with Crippen molar-refractivity contribution in [3.63, 3.8) is 0 Å². The highest BCUT2D eigenvalue weighted by molar-refractivity contribution is 7.88. The number of nitro benzene ring substituents is 1. The molecule has 0 saturated carbocycles.